The van der Waals surface area contributed by atoms with Crippen LogP contribution in [-0.4, -0.2) is 56.2 Å². The Morgan fingerprint density at radius 1 is 0.895 bits per heavy atom. The summed E-state index contributed by atoms with van der Waals surface area (Å²) in [6.45, 7) is -0.215. The van der Waals surface area contributed by atoms with E-state index in [9.17, 15) is 19.2 Å². The van der Waals surface area contributed by atoms with E-state index in [2.05, 4.69) is 10.3 Å². The Morgan fingerprint density at radius 3 is 2.35 bits per heavy atom. The van der Waals surface area contributed by atoms with Gasteiger partial charge in [-0.1, -0.05) is 24.3 Å². The first-order chi connectivity index (χ1) is 27.4. The van der Waals surface area contributed by atoms with Crippen LogP contribution in [0.1, 0.15) is 60.0 Å². The van der Waals surface area contributed by atoms with Crippen LogP contribution >= 0.6 is 0 Å². The number of carbonyl (C=O) groups is 2. The molecule has 9 rings (SSSR count). The Kier molecular flexibility index (Phi) is 8.65. The number of hydrogen-bond donors (Lipinski definition) is 1. The van der Waals surface area contributed by atoms with Crippen molar-refractivity contribution in [3.63, 3.8) is 0 Å². The fourth-order valence-electron chi connectivity index (χ4n) is 8.63. The molecule has 5 heterocycles. The van der Waals surface area contributed by atoms with Crippen molar-refractivity contribution in [2.75, 3.05) is 20.8 Å². The SMILES string of the molecule is COc1cc(-c2cn(C)c(=O)c3cnc(C4CC4)cc23)cc(OC)c1CN1Cc2ccc(-c3cccc4c3n(C)c(=O)n4C3CCC(=O)NC3=O)cc2C(F)(F)C1. The van der Waals surface area contributed by atoms with Gasteiger partial charge in [-0.3, -0.25) is 38.7 Å². The molecule has 6 aromatic rings. The molecule has 1 saturated carbocycles. The van der Waals surface area contributed by atoms with Gasteiger partial charge < -0.3 is 14.0 Å². The van der Waals surface area contributed by atoms with E-state index in [0.29, 0.717) is 56.1 Å². The van der Waals surface area contributed by atoms with E-state index in [1.165, 1.54) is 34.0 Å². The first-order valence-electron chi connectivity index (χ1n) is 18.9. The van der Waals surface area contributed by atoms with Crippen molar-refractivity contribution in [2.24, 2.45) is 14.1 Å². The maximum absolute atomic E-state index is 16.3. The number of benzene rings is 3. The highest BCUT2D eigenvalue weighted by Crippen LogP contribution is 2.44. The van der Waals surface area contributed by atoms with Crippen molar-refractivity contribution in [3.05, 3.63) is 110 Å². The van der Waals surface area contributed by atoms with Gasteiger partial charge in [0, 0.05) is 74.3 Å². The summed E-state index contributed by atoms with van der Waals surface area (Å²) in [5, 5.41) is 3.60. The number of alkyl halides is 2. The Morgan fingerprint density at radius 2 is 1.65 bits per heavy atom. The van der Waals surface area contributed by atoms with Gasteiger partial charge in [-0.05, 0) is 71.7 Å². The van der Waals surface area contributed by atoms with E-state index in [1.807, 2.05) is 18.2 Å². The molecule has 1 aliphatic carbocycles. The molecule has 0 bridgehead atoms. The van der Waals surface area contributed by atoms with Crippen LogP contribution in [0, 0.1) is 0 Å². The fraction of sp³-hybridized carbons (Fsp3) is 0.326. The van der Waals surface area contributed by atoms with Gasteiger partial charge in [0.1, 0.15) is 17.5 Å². The summed E-state index contributed by atoms with van der Waals surface area (Å²) in [4.78, 5) is 57.4. The molecule has 1 unspecified atom stereocenters. The minimum Gasteiger partial charge on any atom is -0.496 e. The smallest absolute Gasteiger partial charge is 0.329 e. The fourth-order valence-corrected chi connectivity index (χ4v) is 8.63. The van der Waals surface area contributed by atoms with Gasteiger partial charge in [-0.25, -0.2) is 4.79 Å². The summed E-state index contributed by atoms with van der Waals surface area (Å²) in [5.74, 6) is -2.84. The zero-order valence-electron chi connectivity index (χ0n) is 31.9. The van der Waals surface area contributed by atoms with Gasteiger partial charge in [0.25, 0.3) is 11.5 Å². The summed E-state index contributed by atoms with van der Waals surface area (Å²) >= 11 is 0. The normalized spacial score (nSPS) is 18.2. The predicted octanol–water partition coefficient (Wildman–Crippen LogP) is 5.90. The largest absolute Gasteiger partial charge is 0.496 e. The van der Waals surface area contributed by atoms with Crippen molar-refractivity contribution in [1.29, 1.82) is 0 Å². The molecule has 0 radical (unpaired) electrons. The summed E-state index contributed by atoms with van der Waals surface area (Å²) in [6.07, 6.45) is 5.87. The number of rotatable bonds is 8. The second-order valence-corrected chi connectivity index (χ2v) is 15.3. The number of imide groups is 1. The lowest BCUT2D eigenvalue weighted by molar-refractivity contribution is -0.135. The zero-order chi connectivity index (χ0) is 39.9. The first kappa shape index (κ1) is 36.5. The minimum atomic E-state index is -3.23. The second-order valence-electron chi connectivity index (χ2n) is 15.3. The number of piperidine rings is 1. The van der Waals surface area contributed by atoms with Gasteiger partial charge >= 0.3 is 5.69 Å². The minimum absolute atomic E-state index is 0.0984. The Balaban J connectivity index is 1.05. The summed E-state index contributed by atoms with van der Waals surface area (Å²) in [6, 6.07) is 15.0. The number of nitrogens with zero attached hydrogens (tertiary/aromatic N) is 5. The number of carbonyl (C=O) groups excluding carboxylic acids is 2. The van der Waals surface area contributed by atoms with Crippen molar-refractivity contribution in [1.82, 2.24) is 28.9 Å². The highest BCUT2D eigenvalue weighted by molar-refractivity contribution is 6.01. The van der Waals surface area contributed by atoms with Crippen LogP contribution in [0.15, 0.2) is 76.6 Å². The monoisotopic (exact) mass is 774 g/mol. The molecule has 3 aromatic carbocycles. The summed E-state index contributed by atoms with van der Waals surface area (Å²) < 4.78 is 48.7. The molecule has 12 nitrogen and oxygen atoms in total. The quantitative estimate of drug-likeness (QED) is 0.190. The van der Waals surface area contributed by atoms with E-state index in [-0.39, 0.29) is 43.0 Å². The van der Waals surface area contributed by atoms with Gasteiger partial charge in [0.15, 0.2) is 0 Å². The van der Waals surface area contributed by atoms with Gasteiger partial charge in [-0.2, -0.15) is 8.78 Å². The average Bonchev–Trinajstić information content (AvgIpc) is 4.02. The van der Waals surface area contributed by atoms with Gasteiger partial charge in [0.2, 0.25) is 11.8 Å². The number of ether oxygens (including phenoxy) is 2. The Hall–Kier alpha value is -6.15. The van der Waals surface area contributed by atoms with E-state index < -0.39 is 30.1 Å². The lowest BCUT2D eigenvalue weighted by atomic mass is 9.91. The van der Waals surface area contributed by atoms with Crippen LogP contribution < -0.4 is 26.0 Å². The third-order valence-electron chi connectivity index (χ3n) is 11.6. The third-order valence-corrected chi connectivity index (χ3v) is 11.6. The number of hydrogen-bond acceptors (Lipinski definition) is 8. The Labute approximate surface area is 325 Å². The lowest BCUT2D eigenvalue weighted by Crippen LogP contribution is -2.44. The molecule has 14 heteroatoms. The summed E-state index contributed by atoms with van der Waals surface area (Å²) in [7, 11) is 6.35. The number of halogens is 2. The molecule has 1 N–H and O–H groups in total. The number of amides is 2. The van der Waals surface area contributed by atoms with E-state index in [1.54, 1.807) is 61.7 Å². The summed E-state index contributed by atoms with van der Waals surface area (Å²) in [5.41, 5.74) is 4.96. The molecule has 1 saturated heterocycles. The highest BCUT2D eigenvalue weighted by atomic mass is 19.3. The van der Waals surface area contributed by atoms with E-state index in [0.717, 1.165) is 35.0 Å². The molecule has 0 spiro atoms. The van der Waals surface area contributed by atoms with Gasteiger partial charge in [0.05, 0.1) is 42.7 Å². The second kappa shape index (κ2) is 13.5. The molecule has 292 valence electrons. The van der Waals surface area contributed by atoms with Crippen LogP contribution in [0.3, 0.4) is 0 Å². The zero-order valence-corrected chi connectivity index (χ0v) is 31.9. The maximum atomic E-state index is 16.3. The maximum Gasteiger partial charge on any atom is 0.329 e. The topological polar surface area (TPSA) is 130 Å². The molecule has 57 heavy (non-hydrogen) atoms. The molecule has 2 amide bonds. The molecule has 2 aliphatic heterocycles. The lowest BCUT2D eigenvalue weighted by Gasteiger charge is -2.35. The highest BCUT2D eigenvalue weighted by Gasteiger charge is 2.41. The van der Waals surface area contributed by atoms with E-state index in [4.69, 9.17) is 9.47 Å². The average molecular weight is 775 g/mol. The number of pyridine rings is 2. The van der Waals surface area contributed by atoms with Crippen LogP contribution in [0.2, 0.25) is 0 Å². The molecule has 1 atom stereocenters. The van der Waals surface area contributed by atoms with Crippen molar-refractivity contribution >= 4 is 33.6 Å². The molecular formula is C43H40F2N6O6. The molecular weight excluding hydrogens is 735 g/mol. The van der Waals surface area contributed by atoms with Crippen LogP contribution in [-0.2, 0) is 42.7 Å². The number of aryl methyl sites for hydroxylation is 2. The third kappa shape index (κ3) is 6.09. The van der Waals surface area contributed by atoms with Gasteiger partial charge in [-0.15, -0.1) is 0 Å². The van der Waals surface area contributed by atoms with E-state index >= 15 is 8.78 Å². The predicted molar refractivity (Wildman–Crippen MR) is 210 cm³/mol. The number of nitrogens with one attached hydrogen (secondary N) is 1. The van der Waals surface area contributed by atoms with Crippen LogP contribution in [0.25, 0.3) is 44.1 Å². The number of fused-ring (bicyclic) bond motifs is 3. The number of para-hydroxylation sites is 1. The molecule has 2 fully saturated rings. The Bertz CT molecular complexity index is 2780. The molecule has 3 aliphatic rings. The number of methoxy groups -OCH3 is 2. The van der Waals surface area contributed by atoms with Crippen molar-refractivity contribution < 1.29 is 27.8 Å². The first-order valence-corrected chi connectivity index (χ1v) is 18.9. The molecule has 3 aromatic heterocycles. The van der Waals surface area contributed by atoms with Crippen LogP contribution in [0.4, 0.5) is 8.78 Å². The van der Waals surface area contributed by atoms with Crippen LogP contribution in [0.5, 0.6) is 11.5 Å². The number of aromatic nitrogens is 4. The van der Waals surface area contributed by atoms with Crippen molar-refractivity contribution in [2.45, 2.75) is 56.7 Å². The standard InChI is InChI=1S/C43H40F2N6O6/c1-48-20-30(28-17-33(23-8-9-23)46-18-29(28)41(48)54)26-15-36(56-3)31(37(16-26)57-4)21-50-19-25-11-10-24(14-32(25)43(44,45)22-50)27-6-5-7-34-39(27)49(2)42(55)51(34)35-12-13-38(52)47-40(35)53/h5-7,10-11,14-18,20,23,35H,8-9,12-13,19,21-22H2,1-4H3,(H,47,52,53). The number of imidazole rings is 1. The van der Waals surface area contributed by atoms with Crippen molar-refractivity contribution in [3.8, 4) is 33.8 Å².